The molecule has 2 aliphatic heterocycles. The van der Waals surface area contributed by atoms with E-state index in [1.807, 2.05) is 17.0 Å². The number of hydrogen-bond acceptors (Lipinski definition) is 7. The molecule has 28 heavy (non-hydrogen) atoms. The molecule has 0 spiro atoms. The average Bonchev–Trinajstić information content (AvgIpc) is 3.46. The highest BCUT2D eigenvalue weighted by molar-refractivity contribution is 5.89. The summed E-state index contributed by atoms with van der Waals surface area (Å²) in [7, 11) is 1.60. The summed E-state index contributed by atoms with van der Waals surface area (Å²) in [4.78, 5) is 32.5. The van der Waals surface area contributed by atoms with E-state index in [0.29, 0.717) is 44.6 Å². The van der Waals surface area contributed by atoms with E-state index < -0.39 is 0 Å². The molecular formula is C19H23N5O4. The molecule has 0 aliphatic carbocycles. The van der Waals surface area contributed by atoms with Gasteiger partial charge in [0, 0.05) is 52.1 Å². The number of likely N-dealkylation sites (tertiary alicyclic amines) is 2. The van der Waals surface area contributed by atoms with Gasteiger partial charge >= 0.3 is 0 Å². The van der Waals surface area contributed by atoms with Gasteiger partial charge in [0.05, 0.1) is 24.0 Å². The molecule has 2 aromatic rings. The van der Waals surface area contributed by atoms with E-state index in [9.17, 15) is 9.59 Å². The first-order valence-corrected chi connectivity index (χ1v) is 9.45. The largest absolute Gasteiger partial charge is 0.420 e. The number of aromatic nitrogens is 3. The minimum atomic E-state index is -0.281. The molecule has 0 saturated carbocycles. The van der Waals surface area contributed by atoms with Gasteiger partial charge in [-0.05, 0) is 18.6 Å². The Labute approximate surface area is 162 Å². The number of amides is 2. The highest BCUT2D eigenvalue weighted by atomic mass is 16.5. The second-order valence-corrected chi connectivity index (χ2v) is 7.19. The van der Waals surface area contributed by atoms with Gasteiger partial charge in [0.1, 0.15) is 0 Å². The maximum atomic E-state index is 12.9. The molecule has 2 aliphatic rings. The van der Waals surface area contributed by atoms with Gasteiger partial charge in [-0.15, -0.1) is 10.2 Å². The van der Waals surface area contributed by atoms with Gasteiger partial charge in [0.2, 0.25) is 23.6 Å². The van der Waals surface area contributed by atoms with Crippen LogP contribution >= 0.6 is 0 Å². The number of hydrogen-bond donors (Lipinski definition) is 0. The molecular weight excluding hydrogens is 362 g/mol. The highest BCUT2D eigenvalue weighted by Gasteiger charge is 2.39. The van der Waals surface area contributed by atoms with Gasteiger partial charge in [-0.3, -0.25) is 14.6 Å². The summed E-state index contributed by atoms with van der Waals surface area (Å²) in [5, 5.41) is 8.27. The Kier molecular flexibility index (Phi) is 5.34. The Morgan fingerprint density at radius 3 is 3.04 bits per heavy atom. The topological polar surface area (TPSA) is 102 Å². The van der Waals surface area contributed by atoms with Crippen LogP contribution in [-0.4, -0.2) is 76.7 Å². The number of carbonyl (C=O) groups is 2. The third-order valence-corrected chi connectivity index (χ3v) is 5.33. The van der Waals surface area contributed by atoms with Crippen molar-refractivity contribution < 1.29 is 18.7 Å². The monoisotopic (exact) mass is 385 g/mol. The molecule has 2 fully saturated rings. The number of carbonyl (C=O) groups excluding carboxylic acids is 2. The predicted molar refractivity (Wildman–Crippen MR) is 98.0 cm³/mol. The number of nitrogens with zero attached hydrogens (tertiary/aromatic N) is 5. The van der Waals surface area contributed by atoms with Crippen LogP contribution in [0.4, 0.5) is 0 Å². The van der Waals surface area contributed by atoms with Crippen LogP contribution in [0.3, 0.4) is 0 Å². The van der Waals surface area contributed by atoms with Gasteiger partial charge < -0.3 is 19.0 Å². The van der Waals surface area contributed by atoms with Crippen LogP contribution in [0.5, 0.6) is 0 Å². The van der Waals surface area contributed by atoms with Crippen molar-refractivity contribution in [3.63, 3.8) is 0 Å². The van der Waals surface area contributed by atoms with Crippen LogP contribution in [-0.2, 0) is 14.3 Å². The summed E-state index contributed by atoms with van der Waals surface area (Å²) < 4.78 is 10.8. The lowest BCUT2D eigenvalue weighted by molar-refractivity contribution is -0.134. The fourth-order valence-electron chi connectivity index (χ4n) is 3.78. The highest BCUT2D eigenvalue weighted by Crippen LogP contribution is 2.30. The summed E-state index contributed by atoms with van der Waals surface area (Å²) in [6.45, 7) is 2.65. The Hall–Kier alpha value is -2.81. The van der Waals surface area contributed by atoms with Crippen molar-refractivity contribution in [2.24, 2.45) is 5.92 Å². The summed E-state index contributed by atoms with van der Waals surface area (Å²) in [5.41, 5.74) is 0.771. The standard InChI is InChI=1S/C19H23N5O4/c1-27-8-7-23-12-15(9-16(23)25)19(26)24-6-4-14(11-24)18-22-21-17(28-18)13-3-2-5-20-10-13/h2-3,5,10,14-15H,4,6-9,11-12H2,1H3. The van der Waals surface area contributed by atoms with Gasteiger partial charge in [0.15, 0.2) is 0 Å². The van der Waals surface area contributed by atoms with Crippen LogP contribution in [0.2, 0.25) is 0 Å². The van der Waals surface area contributed by atoms with E-state index in [0.717, 1.165) is 12.0 Å². The zero-order chi connectivity index (χ0) is 19.5. The third-order valence-electron chi connectivity index (χ3n) is 5.33. The van der Waals surface area contributed by atoms with E-state index in [-0.39, 0.29) is 30.1 Å². The Morgan fingerprint density at radius 1 is 1.36 bits per heavy atom. The lowest BCUT2D eigenvalue weighted by Crippen LogP contribution is -2.36. The van der Waals surface area contributed by atoms with Crippen LogP contribution in [0.15, 0.2) is 28.9 Å². The quantitative estimate of drug-likeness (QED) is 0.729. The summed E-state index contributed by atoms with van der Waals surface area (Å²) in [6, 6.07) is 3.68. The van der Waals surface area contributed by atoms with E-state index in [4.69, 9.17) is 9.15 Å². The number of ether oxygens (including phenoxy) is 1. The molecule has 2 atom stereocenters. The van der Waals surface area contributed by atoms with Crippen molar-refractivity contribution in [2.75, 3.05) is 39.9 Å². The molecule has 0 radical (unpaired) electrons. The predicted octanol–water partition coefficient (Wildman–Crippen LogP) is 0.942. The maximum absolute atomic E-state index is 12.9. The molecule has 9 nitrogen and oxygen atoms in total. The molecule has 2 aromatic heterocycles. The first-order chi connectivity index (χ1) is 13.7. The third kappa shape index (κ3) is 3.75. The molecule has 0 N–H and O–H groups in total. The molecule has 2 amide bonds. The first-order valence-electron chi connectivity index (χ1n) is 9.45. The van der Waals surface area contributed by atoms with E-state index >= 15 is 0 Å². The molecule has 9 heteroatoms. The first kappa shape index (κ1) is 18.5. The Morgan fingerprint density at radius 2 is 2.25 bits per heavy atom. The molecule has 0 aromatic carbocycles. The summed E-state index contributed by atoms with van der Waals surface area (Å²) in [5.74, 6) is 0.758. The van der Waals surface area contributed by atoms with Crippen molar-refractivity contribution in [1.82, 2.24) is 25.0 Å². The molecule has 4 heterocycles. The lowest BCUT2D eigenvalue weighted by Gasteiger charge is -2.20. The normalized spacial score (nSPS) is 22.2. The van der Waals surface area contributed by atoms with E-state index in [1.54, 1.807) is 24.4 Å². The van der Waals surface area contributed by atoms with Crippen LogP contribution in [0.25, 0.3) is 11.5 Å². The van der Waals surface area contributed by atoms with Crippen molar-refractivity contribution in [1.29, 1.82) is 0 Å². The molecule has 148 valence electrons. The fourth-order valence-corrected chi connectivity index (χ4v) is 3.78. The van der Waals surface area contributed by atoms with Crippen molar-refractivity contribution in [2.45, 2.75) is 18.8 Å². The van der Waals surface area contributed by atoms with Gasteiger partial charge in [0.25, 0.3) is 0 Å². The molecule has 2 saturated heterocycles. The second-order valence-electron chi connectivity index (χ2n) is 7.19. The zero-order valence-corrected chi connectivity index (χ0v) is 15.8. The average molecular weight is 385 g/mol. The zero-order valence-electron chi connectivity index (χ0n) is 15.8. The summed E-state index contributed by atoms with van der Waals surface area (Å²) in [6.07, 6.45) is 4.41. The van der Waals surface area contributed by atoms with E-state index in [2.05, 4.69) is 15.2 Å². The number of methoxy groups -OCH3 is 1. The lowest BCUT2D eigenvalue weighted by atomic mass is 10.1. The number of pyridine rings is 1. The Bertz CT molecular complexity index is 840. The van der Waals surface area contributed by atoms with E-state index in [1.165, 1.54) is 0 Å². The maximum Gasteiger partial charge on any atom is 0.249 e. The van der Waals surface area contributed by atoms with Crippen molar-refractivity contribution >= 4 is 11.8 Å². The minimum Gasteiger partial charge on any atom is -0.420 e. The smallest absolute Gasteiger partial charge is 0.249 e. The van der Waals surface area contributed by atoms with Crippen molar-refractivity contribution in [3.05, 3.63) is 30.4 Å². The van der Waals surface area contributed by atoms with Crippen molar-refractivity contribution in [3.8, 4) is 11.5 Å². The van der Waals surface area contributed by atoms with Gasteiger partial charge in [-0.2, -0.15) is 0 Å². The SMILES string of the molecule is COCCN1CC(C(=O)N2CCC(c3nnc(-c4cccnc4)o3)C2)CC1=O. The molecule has 0 bridgehead atoms. The molecule has 2 unspecified atom stereocenters. The molecule has 4 rings (SSSR count). The van der Waals surface area contributed by atoms with Gasteiger partial charge in [-0.1, -0.05) is 0 Å². The van der Waals surface area contributed by atoms with Crippen LogP contribution < -0.4 is 0 Å². The fraction of sp³-hybridized carbons (Fsp3) is 0.526. The second kappa shape index (κ2) is 8.05. The van der Waals surface area contributed by atoms with Crippen LogP contribution in [0.1, 0.15) is 24.7 Å². The minimum absolute atomic E-state index is 0.0172. The summed E-state index contributed by atoms with van der Waals surface area (Å²) >= 11 is 0. The Balaban J connectivity index is 1.36. The van der Waals surface area contributed by atoms with Crippen LogP contribution in [0, 0.1) is 5.92 Å². The number of rotatable bonds is 6. The van der Waals surface area contributed by atoms with Gasteiger partial charge in [-0.25, -0.2) is 0 Å².